The number of hydrogen-bond acceptors (Lipinski definition) is 6. The van der Waals surface area contributed by atoms with Gasteiger partial charge in [0.15, 0.2) is 0 Å². The number of aromatic nitrogens is 2. The van der Waals surface area contributed by atoms with Crippen LogP contribution in [0.4, 0.5) is 8.78 Å². The number of alkyl halides is 2. The van der Waals surface area contributed by atoms with Gasteiger partial charge in [0, 0.05) is 12.1 Å². The van der Waals surface area contributed by atoms with E-state index in [4.69, 9.17) is 16.0 Å². The molecule has 164 valence electrons. The van der Waals surface area contributed by atoms with E-state index >= 15 is 0 Å². The lowest BCUT2D eigenvalue weighted by atomic mass is 10.2. The van der Waals surface area contributed by atoms with E-state index in [1.54, 1.807) is 24.3 Å². The molecule has 2 aromatic carbocycles. The number of amides is 1. The molecular formula is C20H18ClF2N3O4S. The van der Waals surface area contributed by atoms with Gasteiger partial charge in [-0.25, -0.2) is 8.42 Å². The van der Waals surface area contributed by atoms with Crippen molar-refractivity contribution in [2.75, 3.05) is 6.54 Å². The van der Waals surface area contributed by atoms with Gasteiger partial charge in [0.25, 0.3) is 5.91 Å². The van der Waals surface area contributed by atoms with Crippen LogP contribution < -0.4 is 0 Å². The maximum atomic E-state index is 12.9. The molecule has 3 rings (SSSR count). The molecule has 0 bridgehead atoms. The Morgan fingerprint density at radius 1 is 1.13 bits per heavy atom. The summed E-state index contributed by atoms with van der Waals surface area (Å²) < 4.78 is 54.1. The Labute approximate surface area is 182 Å². The molecule has 1 heterocycles. The summed E-state index contributed by atoms with van der Waals surface area (Å²) in [6.45, 7) is 2.25. The maximum Gasteiger partial charge on any atom is 0.341 e. The quantitative estimate of drug-likeness (QED) is 0.484. The van der Waals surface area contributed by atoms with Gasteiger partial charge < -0.3 is 9.32 Å². The molecule has 0 saturated heterocycles. The second-order valence-corrected chi connectivity index (χ2v) is 8.86. The van der Waals surface area contributed by atoms with Gasteiger partial charge in [0.05, 0.1) is 22.0 Å². The molecule has 0 aliphatic heterocycles. The fourth-order valence-electron chi connectivity index (χ4n) is 2.82. The van der Waals surface area contributed by atoms with Crippen molar-refractivity contribution >= 4 is 27.3 Å². The van der Waals surface area contributed by atoms with Crippen LogP contribution in [0.15, 0.2) is 57.8 Å². The zero-order chi connectivity index (χ0) is 22.6. The van der Waals surface area contributed by atoms with Crippen LogP contribution in [0.25, 0.3) is 11.5 Å². The minimum atomic E-state index is -4.73. The van der Waals surface area contributed by atoms with E-state index < -0.39 is 26.4 Å². The Bertz CT molecular complexity index is 1170. The Morgan fingerprint density at radius 2 is 1.81 bits per heavy atom. The van der Waals surface area contributed by atoms with Crippen LogP contribution >= 0.6 is 11.6 Å². The van der Waals surface area contributed by atoms with Crippen molar-refractivity contribution < 1.29 is 26.4 Å². The third-order valence-electron chi connectivity index (χ3n) is 4.34. The van der Waals surface area contributed by atoms with Gasteiger partial charge in [-0.05, 0) is 42.8 Å². The number of nitrogens with zero attached hydrogens (tertiary/aromatic N) is 3. The summed E-state index contributed by atoms with van der Waals surface area (Å²) in [5, 5.41) is 8.38. The molecule has 0 radical (unpaired) electrons. The second-order valence-electron chi connectivity index (χ2n) is 6.54. The van der Waals surface area contributed by atoms with E-state index in [-0.39, 0.29) is 23.9 Å². The van der Waals surface area contributed by atoms with Crippen LogP contribution in [-0.4, -0.2) is 41.7 Å². The highest BCUT2D eigenvalue weighted by Gasteiger charge is 2.27. The van der Waals surface area contributed by atoms with Crippen LogP contribution in [0.5, 0.6) is 0 Å². The number of sulfone groups is 1. The minimum Gasteiger partial charge on any atom is -0.419 e. The van der Waals surface area contributed by atoms with Gasteiger partial charge in [-0.15, -0.1) is 10.2 Å². The first-order chi connectivity index (χ1) is 14.7. The first kappa shape index (κ1) is 22.8. The first-order valence-electron chi connectivity index (χ1n) is 9.22. The summed E-state index contributed by atoms with van der Waals surface area (Å²) in [6, 6.07) is 11.3. The molecule has 7 nitrogen and oxygen atoms in total. The van der Waals surface area contributed by atoms with Crippen molar-refractivity contribution in [1.82, 2.24) is 15.1 Å². The molecule has 0 saturated carbocycles. The summed E-state index contributed by atoms with van der Waals surface area (Å²) in [5.74, 6) is -3.56. The van der Waals surface area contributed by atoms with E-state index in [1.165, 1.54) is 17.0 Å². The molecule has 0 fully saturated rings. The molecule has 1 amide bonds. The lowest BCUT2D eigenvalue weighted by molar-refractivity contribution is 0.0728. The highest BCUT2D eigenvalue weighted by Crippen LogP contribution is 2.26. The summed E-state index contributed by atoms with van der Waals surface area (Å²) in [5.41, 5.74) is 0.708. The SMILES string of the molecule is CCCN(Cc1nnc(-c2ccccc2Cl)o1)C(=O)c1ccc(S(=O)(=O)C(F)F)cc1. The molecule has 31 heavy (non-hydrogen) atoms. The minimum absolute atomic E-state index is 0.0151. The monoisotopic (exact) mass is 469 g/mol. The molecule has 11 heteroatoms. The van der Waals surface area contributed by atoms with E-state index in [9.17, 15) is 22.0 Å². The molecular weight excluding hydrogens is 452 g/mol. The molecule has 0 unspecified atom stereocenters. The topological polar surface area (TPSA) is 93.4 Å². The van der Waals surface area contributed by atoms with Crippen LogP contribution in [0, 0.1) is 0 Å². The van der Waals surface area contributed by atoms with Gasteiger partial charge in [-0.3, -0.25) is 4.79 Å². The Kier molecular flexibility index (Phi) is 7.01. The average Bonchev–Trinajstić information content (AvgIpc) is 3.21. The Morgan fingerprint density at radius 3 is 2.42 bits per heavy atom. The number of carbonyl (C=O) groups is 1. The van der Waals surface area contributed by atoms with E-state index in [1.807, 2.05) is 6.92 Å². The lowest BCUT2D eigenvalue weighted by Crippen LogP contribution is -2.31. The number of benzene rings is 2. The van der Waals surface area contributed by atoms with Crippen molar-refractivity contribution in [3.8, 4) is 11.5 Å². The van der Waals surface area contributed by atoms with Crippen molar-refractivity contribution in [3.63, 3.8) is 0 Å². The summed E-state index contributed by atoms with van der Waals surface area (Å²) >= 11 is 6.14. The second kappa shape index (κ2) is 9.52. The fraction of sp³-hybridized carbons (Fsp3) is 0.250. The first-order valence-corrected chi connectivity index (χ1v) is 11.1. The Hall–Kier alpha value is -2.85. The number of hydrogen-bond donors (Lipinski definition) is 0. The van der Waals surface area contributed by atoms with Crippen LogP contribution in [0.2, 0.25) is 5.02 Å². The van der Waals surface area contributed by atoms with Gasteiger partial charge in [-0.2, -0.15) is 8.78 Å². The molecule has 0 spiro atoms. The zero-order valence-electron chi connectivity index (χ0n) is 16.3. The average molecular weight is 470 g/mol. The van der Waals surface area contributed by atoms with Crippen molar-refractivity contribution in [3.05, 3.63) is 65.0 Å². The van der Waals surface area contributed by atoms with Crippen LogP contribution in [0.3, 0.4) is 0 Å². The number of carbonyl (C=O) groups excluding carboxylic acids is 1. The highest BCUT2D eigenvalue weighted by atomic mass is 35.5. The van der Waals surface area contributed by atoms with Gasteiger partial charge >= 0.3 is 5.76 Å². The molecule has 0 atom stereocenters. The summed E-state index contributed by atoms with van der Waals surface area (Å²) in [4.78, 5) is 13.8. The predicted octanol–water partition coefficient (Wildman–Crippen LogP) is 4.44. The zero-order valence-corrected chi connectivity index (χ0v) is 17.9. The van der Waals surface area contributed by atoms with Crippen molar-refractivity contribution in [2.24, 2.45) is 0 Å². The predicted molar refractivity (Wildman–Crippen MR) is 109 cm³/mol. The highest BCUT2D eigenvalue weighted by molar-refractivity contribution is 7.91. The molecule has 1 aromatic heterocycles. The van der Waals surface area contributed by atoms with Crippen molar-refractivity contribution in [2.45, 2.75) is 30.5 Å². The maximum absolute atomic E-state index is 12.9. The van der Waals surface area contributed by atoms with E-state index in [0.29, 0.717) is 23.6 Å². The third kappa shape index (κ3) is 5.08. The Balaban J connectivity index is 1.80. The van der Waals surface area contributed by atoms with Gasteiger partial charge in [-0.1, -0.05) is 30.7 Å². The molecule has 0 aliphatic rings. The third-order valence-corrected chi connectivity index (χ3v) is 6.07. The number of halogens is 3. The van der Waals surface area contributed by atoms with Crippen LogP contribution in [0.1, 0.15) is 29.6 Å². The largest absolute Gasteiger partial charge is 0.419 e. The standard InChI is InChI=1S/C20H18ClF2N3O4S/c1-2-11-26(12-17-24-25-18(30-17)15-5-3-4-6-16(15)21)19(27)13-7-9-14(10-8-13)31(28,29)20(22)23/h3-10,20H,2,11-12H2,1H3. The van der Waals surface area contributed by atoms with Gasteiger partial charge in [0.1, 0.15) is 0 Å². The molecule has 0 aliphatic carbocycles. The fourth-order valence-corrected chi connectivity index (χ4v) is 3.76. The van der Waals surface area contributed by atoms with E-state index in [0.717, 1.165) is 12.1 Å². The van der Waals surface area contributed by atoms with Crippen LogP contribution in [-0.2, 0) is 16.4 Å². The summed E-state index contributed by atoms with van der Waals surface area (Å²) in [7, 11) is -4.73. The summed E-state index contributed by atoms with van der Waals surface area (Å²) in [6.07, 6.45) is 0.634. The molecule has 3 aromatic rings. The smallest absolute Gasteiger partial charge is 0.341 e. The lowest BCUT2D eigenvalue weighted by Gasteiger charge is -2.20. The van der Waals surface area contributed by atoms with Crippen molar-refractivity contribution in [1.29, 1.82) is 0 Å². The normalized spacial score (nSPS) is 11.6. The molecule has 0 N–H and O–H groups in total. The number of rotatable bonds is 8. The van der Waals surface area contributed by atoms with Gasteiger partial charge in [0.2, 0.25) is 21.6 Å². The van der Waals surface area contributed by atoms with E-state index in [2.05, 4.69) is 10.2 Å².